The van der Waals surface area contributed by atoms with Crippen LogP contribution in [0.3, 0.4) is 0 Å². The van der Waals surface area contributed by atoms with Crippen molar-refractivity contribution in [1.29, 1.82) is 0 Å². The first-order valence-electron chi connectivity index (χ1n) is 8.38. The number of carbonyl (C=O) groups is 2. The van der Waals surface area contributed by atoms with Crippen LogP contribution in [0.5, 0.6) is 11.5 Å². The molecule has 1 heterocycles. The number of hydrogen-bond acceptors (Lipinski definition) is 4. The molecule has 0 radical (unpaired) electrons. The maximum atomic E-state index is 12.9. The lowest BCUT2D eigenvalue weighted by Crippen LogP contribution is -2.30. The van der Waals surface area contributed by atoms with Gasteiger partial charge in [0.05, 0.1) is 26.2 Å². The highest BCUT2D eigenvalue weighted by Gasteiger charge is 2.42. The predicted molar refractivity (Wildman–Crippen MR) is 98.2 cm³/mol. The Bertz CT molecular complexity index is 807. The zero-order chi connectivity index (χ0) is 18.7. The maximum absolute atomic E-state index is 12.9. The van der Waals surface area contributed by atoms with Crippen LogP contribution in [0.2, 0.25) is 0 Å². The van der Waals surface area contributed by atoms with Gasteiger partial charge < -0.3 is 19.7 Å². The third kappa shape index (κ3) is 3.35. The second kappa shape index (κ2) is 7.47. The summed E-state index contributed by atoms with van der Waals surface area (Å²) in [5.74, 6) is 0.436. The second-order valence-corrected chi connectivity index (χ2v) is 6.23. The fourth-order valence-electron chi connectivity index (χ4n) is 3.36. The number of carbonyl (C=O) groups excluding carboxylic acids is 2. The van der Waals surface area contributed by atoms with Gasteiger partial charge in [0.15, 0.2) is 11.5 Å². The monoisotopic (exact) mass is 354 g/mol. The minimum absolute atomic E-state index is 0.0358. The van der Waals surface area contributed by atoms with Crippen LogP contribution in [0.4, 0.5) is 5.69 Å². The summed E-state index contributed by atoms with van der Waals surface area (Å²) in [7, 11) is 4.84. The van der Waals surface area contributed by atoms with Crippen LogP contribution < -0.4 is 14.8 Å². The number of methoxy groups -OCH3 is 2. The van der Waals surface area contributed by atoms with Gasteiger partial charge in [0.1, 0.15) is 0 Å². The van der Waals surface area contributed by atoms with Crippen molar-refractivity contribution in [3.05, 3.63) is 54.1 Å². The van der Waals surface area contributed by atoms with Crippen LogP contribution in [0, 0.1) is 5.92 Å². The van der Waals surface area contributed by atoms with Crippen LogP contribution in [-0.4, -0.2) is 38.0 Å². The van der Waals surface area contributed by atoms with E-state index in [1.54, 1.807) is 44.4 Å². The Morgan fingerprint density at radius 3 is 2.42 bits per heavy atom. The molecule has 0 saturated carbocycles. The summed E-state index contributed by atoms with van der Waals surface area (Å²) in [6.45, 7) is 0. The fourth-order valence-corrected chi connectivity index (χ4v) is 3.36. The van der Waals surface area contributed by atoms with Gasteiger partial charge in [-0.15, -0.1) is 0 Å². The normalized spacial score (nSPS) is 19.3. The molecule has 26 heavy (non-hydrogen) atoms. The molecule has 2 amide bonds. The number of anilines is 1. The summed E-state index contributed by atoms with van der Waals surface area (Å²) >= 11 is 0. The average Bonchev–Trinajstić information content (AvgIpc) is 2.97. The number of amides is 2. The zero-order valence-electron chi connectivity index (χ0n) is 15.1. The summed E-state index contributed by atoms with van der Waals surface area (Å²) in [5, 5.41) is 2.90. The van der Waals surface area contributed by atoms with Gasteiger partial charge in [-0.2, -0.15) is 0 Å². The number of ether oxygens (including phenoxy) is 2. The largest absolute Gasteiger partial charge is 0.493 e. The Morgan fingerprint density at radius 1 is 1.08 bits per heavy atom. The third-order valence-corrected chi connectivity index (χ3v) is 4.72. The molecule has 1 saturated heterocycles. The van der Waals surface area contributed by atoms with E-state index in [9.17, 15) is 9.59 Å². The smallest absolute Gasteiger partial charge is 0.230 e. The van der Waals surface area contributed by atoms with E-state index in [2.05, 4.69) is 5.32 Å². The number of nitrogens with one attached hydrogen (secondary N) is 1. The van der Waals surface area contributed by atoms with Crippen molar-refractivity contribution in [2.45, 2.75) is 12.5 Å². The van der Waals surface area contributed by atoms with Gasteiger partial charge >= 0.3 is 0 Å². The fraction of sp³-hybridized carbons (Fsp3) is 0.300. The average molecular weight is 354 g/mol. The van der Waals surface area contributed by atoms with Gasteiger partial charge in [-0.05, 0) is 17.7 Å². The molecule has 3 rings (SSSR count). The first-order valence-corrected chi connectivity index (χ1v) is 8.38. The molecule has 0 spiro atoms. The number of nitrogens with zero attached hydrogens (tertiary/aromatic N) is 1. The predicted octanol–water partition coefficient (Wildman–Crippen LogP) is 2.86. The van der Waals surface area contributed by atoms with Crippen molar-refractivity contribution in [3.63, 3.8) is 0 Å². The maximum Gasteiger partial charge on any atom is 0.230 e. The van der Waals surface area contributed by atoms with E-state index in [0.717, 1.165) is 5.56 Å². The van der Waals surface area contributed by atoms with Crippen molar-refractivity contribution < 1.29 is 19.1 Å². The van der Waals surface area contributed by atoms with E-state index in [0.29, 0.717) is 17.2 Å². The highest BCUT2D eigenvalue weighted by Crippen LogP contribution is 2.38. The molecule has 2 aromatic carbocycles. The molecule has 1 aliphatic rings. The number of hydrogen-bond donors (Lipinski definition) is 1. The Hall–Kier alpha value is -3.02. The highest BCUT2D eigenvalue weighted by atomic mass is 16.5. The molecule has 1 aliphatic heterocycles. The van der Waals surface area contributed by atoms with Gasteiger partial charge in [-0.3, -0.25) is 9.59 Å². The van der Waals surface area contributed by atoms with Crippen molar-refractivity contribution in [1.82, 2.24) is 4.90 Å². The van der Waals surface area contributed by atoms with E-state index < -0.39 is 5.92 Å². The van der Waals surface area contributed by atoms with Crippen molar-refractivity contribution in [2.75, 3.05) is 26.6 Å². The Labute approximate surface area is 152 Å². The molecule has 6 nitrogen and oxygen atoms in total. The third-order valence-electron chi connectivity index (χ3n) is 4.72. The first-order chi connectivity index (χ1) is 12.5. The first kappa shape index (κ1) is 17.8. The van der Waals surface area contributed by atoms with E-state index in [1.807, 2.05) is 30.3 Å². The zero-order valence-corrected chi connectivity index (χ0v) is 15.1. The Morgan fingerprint density at radius 2 is 1.77 bits per heavy atom. The summed E-state index contributed by atoms with van der Waals surface area (Å²) < 4.78 is 10.5. The SMILES string of the molecule is COc1ccc(NC(=O)[C@@H]2CC(=O)N(C)[C@H]2c2ccccc2)cc1OC. The molecule has 2 aromatic rings. The van der Waals surface area contributed by atoms with E-state index in [4.69, 9.17) is 9.47 Å². The van der Waals surface area contributed by atoms with Gasteiger partial charge in [-0.25, -0.2) is 0 Å². The van der Waals surface area contributed by atoms with Crippen LogP contribution >= 0.6 is 0 Å². The number of benzene rings is 2. The molecule has 1 N–H and O–H groups in total. The molecule has 0 aromatic heterocycles. The van der Waals surface area contributed by atoms with Crippen LogP contribution in [0.1, 0.15) is 18.0 Å². The molecular weight excluding hydrogens is 332 g/mol. The molecule has 0 aliphatic carbocycles. The Kier molecular flexibility index (Phi) is 5.11. The minimum Gasteiger partial charge on any atom is -0.493 e. The van der Waals surface area contributed by atoms with Crippen molar-refractivity contribution in [3.8, 4) is 11.5 Å². The standard InChI is InChI=1S/C20H22N2O4/c1-22-18(23)12-15(19(22)13-7-5-4-6-8-13)20(24)21-14-9-10-16(25-2)17(11-14)26-3/h4-11,15,19H,12H2,1-3H3,(H,21,24)/t15-,19+/m1/s1. The summed E-state index contributed by atoms with van der Waals surface area (Å²) in [4.78, 5) is 26.7. The highest BCUT2D eigenvalue weighted by molar-refractivity contribution is 5.98. The molecule has 0 unspecified atom stereocenters. The topological polar surface area (TPSA) is 67.9 Å². The lowest BCUT2D eigenvalue weighted by atomic mass is 9.93. The van der Waals surface area contributed by atoms with Crippen LogP contribution in [-0.2, 0) is 9.59 Å². The lowest BCUT2D eigenvalue weighted by molar-refractivity contribution is -0.127. The van der Waals surface area contributed by atoms with Crippen LogP contribution in [0.15, 0.2) is 48.5 Å². The van der Waals surface area contributed by atoms with E-state index >= 15 is 0 Å². The van der Waals surface area contributed by atoms with Gasteiger partial charge in [0.25, 0.3) is 0 Å². The summed E-state index contributed by atoms with van der Waals surface area (Å²) in [6.07, 6.45) is 0.190. The van der Waals surface area contributed by atoms with Crippen molar-refractivity contribution >= 4 is 17.5 Å². The van der Waals surface area contributed by atoms with E-state index in [-0.39, 0.29) is 24.3 Å². The minimum atomic E-state index is -0.456. The summed E-state index contributed by atoms with van der Waals surface area (Å²) in [6, 6.07) is 14.5. The second-order valence-electron chi connectivity index (χ2n) is 6.23. The van der Waals surface area contributed by atoms with Crippen molar-refractivity contribution in [2.24, 2.45) is 5.92 Å². The Balaban J connectivity index is 1.83. The summed E-state index contributed by atoms with van der Waals surface area (Å²) in [5.41, 5.74) is 1.55. The molecule has 136 valence electrons. The molecule has 0 bridgehead atoms. The molecule has 6 heteroatoms. The lowest BCUT2D eigenvalue weighted by Gasteiger charge is -2.25. The molecular formula is C20H22N2O4. The van der Waals surface area contributed by atoms with Crippen LogP contribution in [0.25, 0.3) is 0 Å². The van der Waals surface area contributed by atoms with Gasteiger partial charge in [0, 0.05) is 25.2 Å². The molecule has 1 fully saturated rings. The van der Waals surface area contributed by atoms with E-state index in [1.165, 1.54) is 0 Å². The van der Waals surface area contributed by atoms with Gasteiger partial charge in [0.2, 0.25) is 11.8 Å². The molecule has 2 atom stereocenters. The number of rotatable bonds is 5. The number of likely N-dealkylation sites (tertiary alicyclic amines) is 1. The van der Waals surface area contributed by atoms with Gasteiger partial charge in [-0.1, -0.05) is 30.3 Å². The quantitative estimate of drug-likeness (QED) is 0.896.